The van der Waals surface area contributed by atoms with E-state index in [1.165, 1.54) is 0 Å². The van der Waals surface area contributed by atoms with Crippen LogP contribution in [0.1, 0.15) is 46.5 Å². The quantitative estimate of drug-likeness (QED) is 0.284. The maximum absolute atomic E-state index is 13.9. The summed E-state index contributed by atoms with van der Waals surface area (Å²) in [4.78, 5) is 24.9. The van der Waals surface area contributed by atoms with Crippen LogP contribution in [-0.4, -0.2) is 57.8 Å². The zero-order chi connectivity index (χ0) is 29.0. The lowest BCUT2D eigenvalue weighted by atomic mass is 10.0. The summed E-state index contributed by atoms with van der Waals surface area (Å²) in [7, 11) is -3.74. The first-order valence-electron chi connectivity index (χ1n) is 13.7. The predicted octanol–water partition coefficient (Wildman–Crippen LogP) is 4.84. The number of aromatic carboxylic acids is 1. The van der Waals surface area contributed by atoms with Gasteiger partial charge in [0, 0.05) is 16.5 Å². The molecule has 1 aliphatic heterocycles. The number of thiophene rings is 1. The Balaban J connectivity index is 1.45. The van der Waals surface area contributed by atoms with Gasteiger partial charge >= 0.3 is 11.9 Å². The molecule has 5 rings (SSSR count). The molecule has 0 spiro atoms. The molecule has 1 saturated carbocycles. The van der Waals surface area contributed by atoms with Crippen LogP contribution in [0.5, 0.6) is 5.75 Å². The number of piperidine rings is 1. The van der Waals surface area contributed by atoms with Crippen molar-refractivity contribution in [3.63, 3.8) is 0 Å². The molecule has 41 heavy (non-hydrogen) atoms. The Labute approximate surface area is 244 Å². The molecule has 2 N–H and O–H groups in total. The van der Waals surface area contributed by atoms with Crippen molar-refractivity contribution in [3.05, 3.63) is 70.6 Å². The van der Waals surface area contributed by atoms with E-state index in [1.807, 2.05) is 24.3 Å². The molecule has 11 heteroatoms. The Hall–Kier alpha value is -3.41. The summed E-state index contributed by atoms with van der Waals surface area (Å²) in [5.74, 6) is -1.29. The molecule has 0 amide bonds. The van der Waals surface area contributed by atoms with Gasteiger partial charge in [-0.15, -0.1) is 11.3 Å². The summed E-state index contributed by atoms with van der Waals surface area (Å²) in [5.41, 5.74) is 2.48. The van der Waals surface area contributed by atoms with Crippen LogP contribution in [0.3, 0.4) is 0 Å². The zero-order valence-electron chi connectivity index (χ0n) is 22.9. The number of hydrogen-bond acceptors (Lipinski definition) is 8. The number of carbonyl (C=O) groups excluding carboxylic acids is 1. The van der Waals surface area contributed by atoms with E-state index in [1.54, 1.807) is 41.6 Å². The molecule has 1 aromatic heterocycles. The van der Waals surface area contributed by atoms with Crippen LogP contribution >= 0.6 is 11.3 Å². The van der Waals surface area contributed by atoms with Gasteiger partial charge in [-0.3, -0.25) is 4.31 Å². The third kappa shape index (κ3) is 7.09. The second-order valence-corrected chi connectivity index (χ2v) is 13.4. The number of rotatable bonds is 12. The minimum absolute atomic E-state index is 0.0233. The van der Waals surface area contributed by atoms with Gasteiger partial charge in [0.05, 0.1) is 18.0 Å². The highest BCUT2D eigenvalue weighted by Gasteiger charge is 2.32. The average Bonchev–Trinajstić information content (AvgIpc) is 3.73. The minimum Gasteiger partial charge on any atom is -0.480 e. The first kappa shape index (κ1) is 29.1. The smallest absolute Gasteiger partial charge is 0.349 e. The van der Waals surface area contributed by atoms with Gasteiger partial charge in [-0.25, -0.2) is 18.0 Å². The van der Waals surface area contributed by atoms with E-state index in [0.29, 0.717) is 52.6 Å². The molecule has 2 aliphatic rings. The molecule has 3 aromatic rings. The van der Waals surface area contributed by atoms with E-state index in [9.17, 15) is 23.1 Å². The van der Waals surface area contributed by atoms with Crippen LogP contribution in [0.2, 0.25) is 0 Å². The van der Waals surface area contributed by atoms with Crippen molar-refractivity contribution in [1.29, 1.82) is 0 Å². The number of benzene rings is 2. The average molecular weight is 599 g/mol. The van der Waals surface area contributed by atoms with Gasteiger partial charge < -0.3 is 19.9 Å². The van der Waals surface area contributed by atoms with Crippen LogP contribution in [-0.2, 0) is 25.3 Å². The first-order chi connectivity index (χ1) is 19.7. The lowest BCUT2D eigenvalue weighted by Gasteiger charge is -2.35. The highest BCUT2D eigenvalue weighted by atomic mass is 32.2. The van der Waals surface area contributed by atoms with Crippen molar-refractivity contribution in [2.24, 2.45) is 5.92 Å². The summed E-state index contributed by atoms with van der Waals surface area (Å²) in [6.45, 7) is 3.15. The van der Waals surface area contributed by atoms with Crippen molar-refractivity contribution < 1.29 is 32.6 Å². The lowest BCUT2D eigenvalue weighted by Crippen LogP contribution is -2.46. The van der Waals surface area contributed by atoms with E-state index in [-0.39, 0.29) is 29.0 Å². The van der Waals surface area contributed by atoms with E-state index in [4.69, 9.17) is 9.47 Å². The summed E-state index contributed by atoms with van der Waals surface area (Å²) >= 11 is 1.04. The number of carbonyl (C=O) groups is 2. The summed E-state index contributed by atoms with van der Waals surface area (Å²) in [6, 6.07) is 16.1. The number of ether oxygens (including phenoxy) is 2. The highest BCUT2D eigenvalue weighted by Crippen LogP contribution is 2.43. The van der Waals surface area contributed by atoms with E-state index in [2.05, 4.69) is 5.32 Å². The molecule has 2 aromatic carbocycles. The van der Waals surface area contributed by atoms with Crippen molar-refractivity contribution in [2.75, 3.05) is 30.6 Å². The maximum atomic E-state index is 13.9. The Bertz CT molecular complexity index is 1490. The molecule has 0 unspecified atom stereocenters. The minimum atomic E-state index is -3.74. The fourth-order valence-corrected chi connectivity index (χ4v) is 7.97. The number of hydrogen-bond donors (Lipinski definition) is 2. The van der Waals surface area contributed by atoms with E-state index in [0.717, 1.165) is 37.3 Å². The van der Waals surface area contributed by atoms with Crippen LogP contribution in [0.25, 0.3) is 10.4 Å². The standard InChI is InChI=1S/C30H34N2O7S2/c1-20-27(39-18-26(33)38-17-21-10-11-21)29(30(34)35)40-28(20)23-8-5-9-25(16-23)32(24-12-14-31-15-13-24)41(36,37)19-22-6-3-2-4-7-22/h2-9,16,21,24,31H,10-15,17-19H2,1H3,(H,34,35). The third-order valence-electron chi connectivity index (χ3n) is 7.29. The van der Waals surface area contributed by atoms with E-state index < -0.39 is 22.0 Å². The Morgan fingerprint density at radius 3 is 2.46 bits per heavy atom. The molecule has 0 radical (unpaired) electrons. The number of carboxylic acid groups (broad SMARTS) is 1. The van der Waals surface area contributed by atoms with Crippen molar-refractivity contribution in [3.8, 4) is 16.2 Å². The van der Waals surface area contributed by atoms with Crippen LogP contribution in [0, 0.1) is 12.8 Å². The Kier molecular flexibility index (Phi) is 8.96. The molecule has 2 fully saturated rings. The van der Waals surface area contributed by atoms with Gasteiger partial charge in [-0.05, 0) is 74.9 Å². The number of sulfonamides is 1. The van der Waals surface area contributed by atoms with Crippen LogP contribution in [0.4, 0.5) is 5.69 Å². The molecule has 1 saturated heterocycles. The monoisotopic (exact) mass is 598 g/mol. The fourth-order valence-electron chi connectivity index (χ4n) is 5.03. The molecular weight excluding hydrogens is 564 g/mol. The van der Waals surface area contributed by atoms with Crippen LogP contribution in [0.15, 0.2) is 54.6 Å². The predicted molar refractivity (Wildman–Crippen MR) is 158 cm³/mol. The number of nitrogens with zero attached hydrogens (tertiary/aromatic N) is 1. The van der Waals surface area contributed by atoms with E-state index >= 15 is 0 Å². The second-order valence-electron chi connectivity index (χ2n) is 10.5. The van der Waals surface area contributed by atoms with Gasteiger partial charge in [-0.1, -0.05) is 42.5 Å². The molecule has 0 atom stereocenters. The molecule has 2 heterocycles. The van der Waals surface area contributed by atoms with Crippen molar-refractivity contribution in [2.45, 2.75) is 44.4 Å². The fraction of sp³-hybridized carbons (Fsp3) is 0.400. The van der Waals surface area contributed by atoms with Crippen LogP contribution < -0.4 is 14.4 Å². The number of carboxylic acids is 1. The number of anilines is 1. The summed E-state index contributed by atoms with van der Waals surface area (Å²) < 4.78 is 40.2. The van der Waals surface area contributed by atoms with Crippen molar-refractivity contribution in [1.82, 2.24) is 5.32 Å². The largest absolute Gasteiger partial charge is 0.480 e. The van der Waals surface area contributed by atoms with Gasteiger partial charge in [-0.2, -0.15) is 0 Å². The van der Waals surface area contributed by atoms with Gasteiger partial charge in [0.25, 0.3) is 0 Å². The second kappa shape index (κ2) is 12.6. The summed E-state index contributed by atoms with van der Waals surface area (Å²) in [6.07, 6.45) is 3.44. The third-order valence-corrected chi connectivity index (χ3v) is 10.4. The normalized spacial score (nSPS) is 15.8. The molecule has 1 aliphatic carbocycles. The van der Waals surface area contributed by atoms with Gasteiger partial charge in [0.15, 0.2) is 11.5 Å². The SMILES string of the molecule is Cc1c(-c2cccc(N(C3CCNCC3)S(=O)(=O)Cc3ccccc3)c2)sc(C(=O)O)c1OCC(=O)OCC1CC1. The maximum Gasteiger partial charge on any atom is 0.349 e. The summed E-state index contributed by atoms with van der Waals surface area (Å²) in [5, 5.41) is 13.2. The highest BCUT2D eigenvalue weighted by molar-refractivity contribution is 7.92. The van der Waals surface area contributed by atoms with Gasteiger partial charge in [0.2, 0.25) is 10.0 Å². The molecule has 0 bridgehead atoms. The Morgan fingerprint density at radius 1 is 1.05 bits per heavy atom. The topological polar surface area (TPSA) is 122 Å². The first-order valence-corrected chi connectivity index (χ1v) is 16.2. The Morgan fingerprint density at radius 2 is 1.78 bits per heavy atom. The van der Waals surface area contributed by atoms with Gasteiger partial charge in [0.1, 0.15) is 5.75 Å². The molecular formula is C30H34N2O7S2. The molecule has 218 valence electrons. The lowest BCUT2D eigenvalue weighted by molar-refractivity contribution is -0.146. The van der Waals surface area contributed by atoms with Crippen molar-refractivity contribution >= 4 is 39.0 Å². The number of nitrogens with one attached hydrogen (secondary N) is 1. The zero-order valence-corrected chi connectivity index (χ0v) is 24.5. The number of esters is 1. The molecule has 9 nitrogen and oxygen atoms in total.